The van der Waals surface area contributed by atoms with Crippen molar-refractivity contribution in [3.05, 3.63) is 60.4 Å². The lowest BCUT2D eigenvalue weighted by Crippen LogP contribution is -2.53. The first kappa shape index (κ1) is 26.3. The number of nitrogen functional groups attached to an aromatic ring is 1. The van der Waals surface area contributed by atoms with Crippen molar-refractivity contribution < 1.29 is 27.1 Å². The Morgan fingerprint density at radius 2 is 1.77 bits per heavy atom. The van der Waals surface area contributed by atoms with E-state index in [1.807, 2.05) is 0 Å². The van der Waals surface area contributed by atoms with Crippen molar-refractivity contribution in [1.29, 1.82) is 0 Å². The zero-order valence-corrected chi connectivity index (χ0v) is 20.5. The lowest BCUT2D eigenvalue weighted by molar-refractivity contribution is -0.266. The van der Waals surface area contributed by atoms with Crippen molar-refractivity contribution in [2.24, 2.45) is 7.05 Å². The van der Waals surface area contributed by atoms with Crippen molar-refractivity contribution in [1.82, 2.24) is 24.7 Å². The van der Waals surface area contributed by atoms with Gasteiger partial charge in [-0.05, 0) is 36.4 Å². The molecular formula is C25H23F5N8O. The van der Waals surface area contributed by atoms with Crippen LogP contribution in [0, 0.1) is 11.6 Å². The number of benzene rings is 1. The summed E-state index contributed by atoms with van der Waals surface area (Å²) in [6.45, 7) is 0.0175. The van der Waals surface area contributed by atoms with Crippen LogP contribution in [0.5, 0.6) is 0 Å². The number of nitrogens with two attached hydrogens (primary N) is 1. The fourth-order valence-corrected chi connectivity index (χ4v) is 4.32. The van der Waals surface area contributed by atoms with Crippen LogP contribution in [0.4, 0.5) is 45.2 Å². The van der Waals surface area contributed by atoms with Gasteiger partial charge in [0.2, 0.25) is 5.95 Å². The lowest BCUT2D eigenvalue weighted by atomic mass is 9.91. The maximum absolute atomic E-state index is 14.8. The topological polar surface area (TPSA) is 118 Å². The van der Waals surface area contributed by atoms with E-state index < -0.39 is 36.3 Å². The van der Waals surface area contributed by atoms with Crippen LogP contribution in [-0.4, -0.2) is 54.7 Å². The van der Waals surface area contributed by atoms with Gasteiger partial charge >= 0.3 is 6.18 Å². The lowest BCUT2D eigenvalue weighted by Gasteiger charge is -2.39. The van der Waals surface area contributed by atoms with Gasteiger partial charge in [0.05, 0.1) is 0 Å². The minimum Gasteiger partial charge on any atom is -0.381 e. The predicted molar refractivity (Wildman–Crippen MR) is 134 cm³/mol. The molecule has 0 radical (unpaired) electrons. The van der Waals surface area contributed by atoms with Gasteiger partial charge in [-0.2, -0.15) is 18.2 Å². The maximum Gasteiger partial charge on any atom is 0.417 e. The highest BCUT2D eigenvalue weighted by Gasteiger charge is 2.54. The van der Waals surface area contributed by atoms with Crippen LogP contribution in [-0.2, 0) is 7.05 Å². The molecule has 39 heavy (non-hydrogen) atoms. The van der Waals surface area contributed by atoms with E-state index in [4.69, 9.17) is 5.73 Å². The minimum absolute atomic E-state index is 0.00873. The smallest absolute Gasteiger partial charge is 0.381 e. The monoisotopic (exact) mass is 546 g/mol. The van der Waals surface area contributed by atoms with Crippen LogP contribution in [0.25, 0.3) is 22.5 Å². The van der Waals surface area contributed by atoms with Crippen LogP contribution in [0.15, 0.2) is 48.8 Å². The average Bonchev–Trinajstić information content (AvgIpc) is 3.26. The first-order valence-corrected chi connectivity index (χ1v) is 11.8. The van der Waals surface area contributed by atoms with Crippen LogP contribution in [0.2, 0.25) is 0 Å². The molecule has 4 N–H and O–H groups in total. The number of hydrogen-bond acceptors (Lipinski definition) is 8. The van der Waals surface area contributed by atoms with Gasteiger partial charge in [0.15, 0.2) is 23.1 Å². The number of nitrogens with one attached hydrogen (secondary N) is 1. The molecule has 4 aromatic rings. The SMILES string of the molecule is Cn1nc(-c2ccc(N3CCC(O)(C(F)(F)F)CC3)nc2)nc1Nc1ccc(-c2ccnc(N)c2F)c(F)c1. The number of anilines is 4. The van der Waals surface area contributed by atoms with E-state index in [0.29, 0.717) is 28.8 Å². The Labute approximate surface area is 219 Å². The average molecular weight is 547 g/mol. The van der Waals surface area contributed by atoms with Gasteiger partial charge in [-0.15, -0.1) is 5.10 Å². The van der Waals surface area contributed by atoms with E-state index in [1.54, 1.807) is 30.1 Å². The number of halogens is 5. The molecule has 9 nitrogen and oxygen atoms in total. The molecule has 0 spiro atoms. The third kappa shape index (κ3) is 5.06. The summed E-state index contributed by atoms with van der Waals surface area (Å²) in [5.74, 6) is -0.734. The molecule has 0 aliphatic carbocycles. The van der Waals surface area contributed by atoms with Crippen molar-refractivity contribution in [2.45, 2.75) is 24.6 Å². The van der Waals surface area contributed by atoms with E-state index in [0.717, 1.165) is 0 Å². The van der Waals surface area contributed by atoms with Gasteiger partial charge in [0, 0.05) is 67.8 Å². The van der Waals surface area contributed by atoms with E-state index >= 15 is 0 Å². The first-order chi connectivity index (χ1) is 18.4. The van der Waals surface area contributed by atoms with Gasteiger partial charge in [0.25, 0.3) is 0 Å². The van der Waals surface area contributed by atoms with Crippen molar-refractivity contribution in [3.8, 4) is 22.5 Å². The molecule has 1 aromatic carbocycles. The number of aryl methyl sites for hydroxylation is 1. The van der Waals surface area contributed by atoms with Crippen LogP contribution in [0.1, 0.15) is 12.8 Å². The van der Waals surface area contributed by atoms with E-state index in [1.165, 1.54) is 35.3 Å². The number of piperidine rings is 1. The number of aromatic nitrogens is 5. The quantitative estimate of drug-likeness (QED) is 0.315. The molecule has 1 fully saturated rings. The summed E-state index contributed by atoms with van der Waals surface area (Å²) in [6.07, 6.45) is -2.76. The second-order valence-electron chi connectivity index (χ2n) is 9.18. The molecule has 0 unspecified atom stereocenters. The Morgan fingerprint density at radius 3 is 2.41 bits per heavy atom. The van der Waals surface area contributed by atoms with Crippen LogP contribution in [0.3, 0.4) is 0 Å². The molecule has 0 amide bonds. The minimum atomic E-state index is -4.67. The van der Waals surface area contributed by atoms with Gasteiger partial charge < -0.3 is 21.1 Å². The molecule has 204 valence electrons. The standard InChI is InChI=1S/C25H23F5N8O/c1-37-23(34-15-3-4-16(18(26)12-15)17-6-9-32-21(31)20(17)27)35-22(36-37)14-2-5-19(33-13-14)38-10-7-24(39,8-11-38)25(28,29)30/h2-6,9,12-13,39H,7-8,10-11H2,1H3,(H2,31,32)(H,34,35,36). The molecule has 0 saturated carbocycles. The molecule has 0 atom stereocenters. The predicted octanol–water partition coefficient (Wildman–Crippen LogP) is 4.44. The van der Waals surface area contributed by atoms with Gasteiger partial charge in [-0.25, -0.2) is 23.4 Å². The van der Waals surface area contributed by atoms with E-state index in [9.17, 15) is 27.1 Å². The third-order valence-corrected chi connectivity index (χ3v) is 6.64. The highest BCUT2D eigenvalue weighted by Crippen LogP contribution is 2.39. The Bertz CT molecular complexity index is 1500. The summed E-state index contributed by atoms with van der Waals surface area (Å²) in [6, 6.07) is 8.82. The number of pyridine rings is 2. The molecule has 4 heterocycles. The highest BCUT2D eigenvalue weighted by atomic mass is 19.4. The van der Waals surface area contributed by atoms with Crippen LogP contribution >= 0.6 is 0 Å². The highest BCUT2D eigenvalue weighted by molar-refractivity contribution is 5.70. The Kier molecular flexibility index (Phi) is 6.58. The summed E-state index contributed by atoms with van der Waals surface area (Å²) in [7, 11) is 1.63. The van der Waals surface area contributed by atoms with Crippen LogP contribution < -0.4 is 16.0 Å². The molecule has 0 bridgehead atoms. The summed E-state index contributed by atoms with van der Waals surface area (Å²) >= 11 is 0. The fraction of sp³-hybridized carbons (Fsp3) is 0.280. The van der Waals surface area contributed by atoms with Crippen molar-refractivity contribution in [3.63, 3.8) is 0 Å². The summed E-state index contributed by atoms with van der Waals surface area (Å²) in [5.41, 5.74) is 3.71. The molecule has 3 aromatic heterocycles. The summed E-state index contributed by atoms with van der Waals surface area (Å²) in [4.78, 5) is 14.1. The molecule has 1 aliphatic heterocycles. The Morgan fingerprint density at radius 1 is 1.03 bits per heavy atom. The van der Waals surface area contributed by atoms with Crippen molar-refractivity contribution >= 4 is 23.3 Å². The molecule has 5 rings (SSSR count). The largest absolute Gasteiger partial charge is 0.417 e. The number of alkyl halides is 3. The maximum atomic E-state index is 14.8. The Balaban J connectivity index is 1.29. The zero-order chi connectivity index (χ0) is 27.9. The second kappa shape index (κ2) is 9.76. The molecule has 1 saturated heterocycles. The second-order valence-corrected chi connectivity index (χ2v) is 9.18. The summed E-state index contributed by atoms with van der Waals surface area (Å²) in [5, 5.41) is 17.2. The molecular weight excluding hydrogens is 523 g/mol. The number of aliphatic hydroxyl groups is 1. The normalized spacial score (nSPS) is 15.4. The Hall–Kier alpha value is -4.33. The number of rotatable bonds is 5. The third-order valence-electron chi connectivity index (χ3n) is 6.64. The number of hydrogen-bond donors (Lipinski definition) is 3. The fourth-order valence-electron chi connectivity index (χ4n) is 4.32. The molecule has 14 heteroatoms. The summed E-state index contributed by atoms with van der Waals surface area (Å²) < 4.78 is 69.7. The van der Waals surface area contributed by atoms with E-state index in [2.05, 4.69) is 25.4 Å². The zero-order valence-electron chi connectivity index (χ0n) is 20.5. The van der Waals surface area contributed by atoms with Crippen molar-refractivity contribution in [2.75, 3.05) is 29.0 Å². The first-order valence-electron chi connectivity index (χ1n) is 11.8. The number of nitrogens with zero attached hydrogens (tertiary/aromatic N) is 6. The van der Waals surface area contributed by atoms with Gasteiger partial charge in [-0.3, -0.25) is 0 Å². The molecule has 1 aliphatic rings. The van der Waals surface area contributed by atoms with Gasteiger partial charge in [0.1, 0.15) is 11.6 Å². The van der Waals surface area contributed by atoms with Gasteiger partial charge in [-0.1, -0.05) is 0 Å². The van der Waals surface area contributed by atoms with E-state index in [-0.39, 0.29) is 30.0 Å².